The van der Waals surface area contributed by atoms with Crippen LogP contribution in [0.1, 0.15) is 43.7 Å². The molecule has 2 aromatic heterocycles. The van der Waals surface area contributed by atoms with Gasteiger partial charge in [-0.05, 0) is 80.5 Å². The fraction of sp³-hybridized carbons (Fsp3) is 0.533. The number of hydrogen-bond acceptors (Lipinski definition) is 6. The van der Waals surface area contributed by atoms with E-state index in [4.69, 9.17) is 14.2 Å². The molecule has 5 heterocycles. The Morgan fingerprint density at radius 2 is 1.95 bits per heavy atom. The van der Waals surface area contributed by atoms with Gasteiger partial charge in [0, 0.05) is 61.0 Å². The van der Waals surface area contributed by atoms with Crippen molar-refractivity contribution in [2.75, 3.05) is 53.2 Å². The van der Waals surface area contributed by atoms with Gasteiger partial charge in [-0.15, -0.1) is 0 Å². The minimum Gasteiger partial charge on any atom is -0.496 e. The van der Waals surface area contributed by atoms with Crippen LogP contribution in [0.4, 0.5) is 4.39 Å². The number of fused-ring (bicyclic) bond motifs is 1. The van der Waals surface area contributed by atoms with Gasteiger partial charge in [0.15, 0.2) is 0 Å². The fourth-order valence-electron chi connectivity index (χ4n) is 5.83. The summed E-state index contributed by atoms with van der Waals surface area (Å²) in [7, 11) is 1.61. The molecule has 3 unspecified atom stereocenters. The predicted molar refractivity (Wildman–Crippen MR) is 145 cm³/mol. The van der Waals surface area contributed by atoms with Crippen LogP contribution >= 0.6 is 0 Å². The van der Waals surface area contributed by atoms with Crippen LogP contribution in [0.3, 0.4) is 0 Å². The zero-order valence-corrected chi connectivity index (χ0v) is 22.2. The van der Waals surface area contributed by atoms with Crippen LogP contribution in [0, 0.1) is 17.7 Å². The zero-order valence-electron chi connectivity index (χ0n) is 22.2. The molecule has 1 N–H and O–H groups in total. The highest BCUT2D eigenvalue weighted by atomic mass is 19.1. The number of halogens is 1. The van der Waals surface area contributed by atoms with Crippen LogP contribution in [0.25, 0.3) is 22.2 Å². The lowest BCUT2D eigenvalue weighted by atomic mass is 10.0. The van der Waals surface area contributed by atoms with Crippen LogP contribution in [-0.2, 0) is 14.3 Å². The second-order valence-corrected chi connectivity index (χ2v) is 10.6. The van der Waals surface area contributed by atoms with Crippen molar-refractivity contribution in [3.8, 4) is 16.9 Å². The predicted octanol–water partition coefficient (Wildman–Crippen LogP) is 5.21. The van der Waals surface area contributed by atoms with Crippen LogP contribution in [-0.4, -0.2) is 74.3 Å². The minimum absolute atomic E-state index is 0.184. The number of likely N-dealkylation sites (tertiary alicyclic amines) is 1. The summed E-state index contributed by atoms with van der Waals surface area (Å²) in [6.07, 6.45) is 8.41. The smallest absolute Gasteiger partial charge is 0.138 e. The van der Waals surface area contributed by atoms with Crippen molar-refractivity contribution in [3.63, 3.8) is 0 Å². The average molecular weight is 524 g/mol. The summed E-state index contributed by atoms with van der Waals surface area (Å²) in [6.45, 7) is 6.60. The molecule has 3 aliphatic rings. The van der Waals surface area contributed by atoms with Crippen molar-refractivity contribution in [2.45, 2.75) is 38.0 Å². The highest BCUT2D eigenvalue weighted by Gasteiger charge is 2.28. The molecule has 0 bridgehead atoms. The molecule has 3 aliphatic heterocycles. The lowest BCUT2D eigenvalue weighted by Gasteiger charge is -2.26. The Morgan fingerprint density at radius 3 is 2.66 bits per heavy atom. The Kier molecular flexibility index (Phi) is 9.04. The number of aromatic nitrogens is 2. The average Bonchev–Trinajstić information content (AvgIpc) is 3.61. The van der Waals surface area contributed by atoms with Gasteiger partial charge in [-0.2, -0.15) is 0 Å². The molecule has 3 atom stereocenters. The monoisotopic (exact) mass is 523 g/mol. The Labute approximate surface area is 223 Å². The standard InChI is InChI=1S/C24H28FN3O2.C6H10O2/c1-29-23-5-4-18(25)11-20(23)19-6-8-26-24-21(19)12-22(27-24)17-7-9-28(14-17)13-16-3-2-10-30-15-16;7-4-6-2-1-3-8-5-6/h4-6,8,11-12,16-17H,2-3,7,9-10,13-15H2,1H3,(H,26,27);4,6H,1-3,5H2. The van der Waals surface area contributed by atoms with Crippen molar-refractivity contribution in [1.82, 2.24) is 14.9 Å². The third-order valence-corrected chi connectivity index (χ3v) is 7.88. The molecule has 38 heavy (non-hydrogen) atoms. The molecular formula is C30H38FN3O4. The molecule has 0 saturated carbocycles. The fourth-order valence-corrected chi connectivity index (χ4v) is 5.83. The van der Waals surface area contributed by atoms with E-state index in [0.29, 0.717) is 24.2 Å². The first-order valence-corrected chi connectivity index (χ1v) is 13.8. The Balaban J connectivity index is 0.000000316. The number of aromatic amines is 1. The molecule has 0 radical (unpaired) electrons. The summed E-state index contributed by atoms with van der Waals surface area (Å²) >= 11 is 0. The molecule has 0 amide bonds. The van der Waals surface area contributed by atoms with Crippen molar-refractivity contribution in [3.05, 3.63) is 48.0 Å². The quantitative estimate of drug-likeness (QED) is 0.448. The van der Waals surface area contributed by atoms with Gasteiger partial charge in [0.05, 0.1) is 20.3 Å². The number of nitrogens with one attached hydrogen (secondary N) is 1. The number of H-pyrrole nitrogens is 1. The van der Waals surface area contributed by atoms with Gasteiger partial charge in [-0.1, -0.05) is 0 Å². The lowest BCUT2D eigenvalue weighted by Crippen LogP contribution is -2.32. The largest absolute Gasteiger partial charge is 0.496 e. The van der Waals surface area contributed by atoms with Gasteiger partial charge in [0.1, 0.15) is 23.5 Å². The van der Waals surface area contributed by atoms with E-state index in [1.807, 2.05) is 6.07 Å². The number of hydrogen-bond donors (Lipinski definition) is 1. The number of ether oxygens (including phenoxy) is 3. The van der Waals surface area contributed by atoms with Crippen molar-refractivity contribution >= 4 is 17.3 Å². The van der Waals surface area contributed by atoms with Gasteiger partial charge >= 0.3 is 0 Å². The molecule has 1 aromatic carbocycles. The second-order valence-electron chi connectivity index (χ2n) is 10.6. The van der Waals surface area contributed by atoms with E-state index in [2.05, 4.69) is 20.9 Å². The maximum absolute atomic E-state index is 14.0. The maximum atomic E-state index is 14.0. The van der Waals surface area contributed by atoms with Crippen LogP contribution in [0.5, 0.6) is 5.75 Å². The Bertz CT molecular complexity index is 1200. The van der Waals surface area contributed by atoms with Crippen LogP contribution in [0.15, 0.2) is 36.5 Å². The molecule has 204 valence electrons. The molecule has 3 saturated heterocycles. The van der Waals surface area contributed by atoms with Crippen LogP contribution in [0.2, 0.25) is 0 Å². The van der Waals surface area contributed by atoms with Gasteiger partial charge < -0.3 is 28.9 Å². The molecule has 7 nitrogen and oxygen atoms in total. The molecule has 0 aliphatic carbocycles. The SMILES string of the molecule is COc1ccc(F)cc1-c1ccnc2[nH]c(C3CCN(CC4CCCOC4)C3)cc12.O=CC1CCCOC1. The number of rotatable bonds is 6. The van der Waals surface area contributed by atoms with Crippen molar-refractivity contribution < 1.29 is 23.4 Å². The van der Waals surface area contributed by atoms with Crippen molar-refractivity contribution in [1.29, 1.82) is 0 Å². The first-order chi connectivity index (χ1) is 18.6. The number of carbonyl (C=O) groups excluding carboxylic acids is 1. The van der Waals surface area contributed by atoms with Gasteiger partial charge in [0.2, 0.25) is 0 Å². The van der Waals surface area contributed by atoms with E-state index in [-0.39, 0.29) is 11.7 Å². The second kappa shape index (κ2) is 12.8. The molecule has 3 fully saturated rings. The summed E-state index contributed by atoms with van der Waals surface area (Å²) in [5.74, 6) is 1.70. The highest BCUT2D eigenvalue weighted by molar-refractivity contribution is 5.95. The van der Waals surface area contributed by atoms with E-state index in [1.54, 1.807) is 19.4 Å². The number of pyridine rings is 1. The van der Waals surface area contributed by atoms with E-state index in [1.165, 1.54) is 30.7 Å². The molecule has 6 rings (SSSR count). The third-order valence-electron chi connectivity index (χ3n) is 7.88. The first kappa shape index (κ1) is 26.8. The molecule has 3 aromatic rings. The molecule has 8 heteroatoms. The maximum Gasteiger partial charge on any atom is 0.138 e. The first-order valence-electron chi connectivity index (χ1n) is 13.8. The topological polar surface area (TPSA) is 76.7 Å². The zero-order chi connectivity index (χ0) is 26.3. The van der Waals surface area contributed by atoms with Gasteiger partial charge in [0.25, 0.3) is 0 Å². The molecular weight excluding hydrogens is 485 g/mol. The number of carbonyl (C=O) groups is 1. The summed E-state index contributed by atoms with van der Waals surface area (Å²) < 4.78 is 30.1. The van der Waals surface area contributed by atoms with Crippen LogP contribution < -0.4 is 4.74 Å². The minimum atomic E-state index is -0.273. The van der Waals surface area contributed by atoms with Gasteiger partial charge in [-0.3, -0.25) is 0 Å². The highest BCUT2D eigenvalue weighted by Crippen LogP contribution is 2.37. The Morgan fingerprint density at radius 1 is 1.11 bits per heavy atom. The summed E-state index contributed by atoms with van der Waals surface area (Å²) in [6, 6.07) is 8.76. The third kappa shape index (κ3) is 6.42. The van der Waals surface area contributed by atoms with Gasteiger partial charge in [-0.25, -0.2) is 9.37 Å². The molecule has 0 spiro atoms. The number of benzene rings is 1. The lowest BCUT2D eigenvalue weighted by molar-refractivity contribution is -0.114. The number of nitrogens with zero attached hydrogens (tertiary/aromatic N) is 2. The number of aldehydes is 1. The van der Waals surface area contributed by atoms with E-state index in [9.17, 15) is 9.18 Å². The van der Waals surface area contributed by atoms with E-state index in [0.717, 1.165) is 87.2 Å². The Hall–Kier alpha value is -2.81. The normalized spacial score (nSPS) is 24.1. The van der Waals surface area contributed by atoms with Crippen molar-refractivity contribution in [2.24, 2.45) is 11.8 Å². The summed E-state index contributed by atoms with van der Waals surface area (Å²) in [4.78, 5) is 20.7. The number of methoxy groups -OCH3 is 1. The van der Waals surface area contributed by atoms with E-state index < -0.39 is 0 Å². The van der Waals surface area contributed by atoms with E-state index >= 15 is 0 Å². The summed E-state index contributed by atoms with van der Waals surface area (Å²) in [5.41, 5.74) is 3.74. The summed E-state index contributed by atoms with van der Waals surface area (Å²) in [5, 5.41) is 1.01.